The van der Waals surface area contributed by atoms with E-state index in [1.54, 1.807) is 11.8 Å². The van der Waals surface area contributed by atoms with E-state index in [1.807, 2.05) is 19.1 Å². The Balaban J connectivity index is 4.22. The van der Waals surface area contributed by atoms with Gasteiger partial charge in [-0.1, -0.05) is 38.7 Å². The molecule has 0 radical (unpaired) electrons. The maximum atomic E-state index is 11.8. The lowest BCUT2D eigenvalue weighted by Gasteiger charge is -2.20. The number of amides is 1. The van der Waals surface area contributed by atoms with Crippen LogP contribution >= 0.6 is 0 Å². The Hall–Kier alpha value is -1.85. The highest BCUT2D eigenvalue weighted by molar-refractivity contribution is 5.73. The molecule has 0 bridgehead atoms. The number of unbranched alkanes of at least 4 members (excludes halogenated alkanes) is 5. The highest BCUT2D eigenvalue weighted by Crippen LogP contribution is 2.10. The summed E-state index contributed by atoms with van der Waals surface area (Å²) in [4.78, 5) is 36.2. The zero-order chi connectivity index (χ0) is 21.2. The highest BCUT2D eigenvalue weighted by Gasteiger charge is 2.10. The summed E-state index contributed by atoms with van der Waals surface area (Å²) in [6.07, 6.45) is 11.8. The van der Waals surface area contributed by atoms with Gasteiger partial charge in [0.05, 0.1) is 6.61 Å². The molecule has 0 aliphatic rings. The number of rotatable bonds is 16. The van der Waals surface area contributed by atoms with Crippen molar-refractivity contribution < 1.29 is 23.9 Å². The third-order valence-electron chi connectivity index (χ3n) is 4.40. The average Bonchev–Trinajstić information content (AvgIpc) is 2.62. The van der Waals surface area contributed by atoms with Gasteiger partial charge in [0.25, 0.3) is 0 Å². The van der Waals surface area contributed by atoms with Crippen LogP contribution in [-0.4, -0.2) is 48.5 Å². The fourth-order valence-electron chi connectivity index (χ4n) is 2.88. The Morgan fingerprint density at radius 2 is 1.68 bits per heavy atom. The standard InChI is InChI=1S/C22H39NO5/c1-5-7-10-14-21(28-20(4)25)15-13-18-23(19(3)24)17-12-9-8-11-16-22(26)27-6-2/h13,15,21H,5-12,14,16-18H2,1-4H3/b15-13+. The van der Waals surface area contributed by atoms with Crippen LogP contribution in [0.2, 0.25) is 0 Å². The van der Waals surface area contributed by atoms with Crippen molar-refractivity contribution in [1.82, 2.24) is 4.90 Å². The van der Waals surface area contributed by atoms with Gasteiger partial charge < -0.3 is 14.4 Å². The van der Waals surface area contributed by atoms with E-state index in [-0.39, 0.29) is 23.9 Å². The van der Waals surface area contributed by atoms with E-state index in [1.165, 1.54) is 6.92 Å². The number of ether oxygens (including phenoxy) is 2. The zero-order valence-corrected chi connectivity index (χ0v) is 18.2. The summed E-state index contributed by atoms with van der Waals surface area (Å²) in [5.74, 6) is -0.386. The van der Waals surface area contributed by atoms with Crippen LogP contribution < -0.4 is 0 Å². The largest absolute Gasteiger partial charge is 0.466 e. The Morgan fingerprint density at radius 3 is 2.29 bits per heavy atom. The minimum atomic E-state index is -0.280. The summed E-state index contributed by atoms with van der Waals surface area (Å²) in [6, 6.07) is 0. The molecule has 0 aliphatic carbocycles. The molecule has 1 atom stereocenters. The molecule has 0 saturated heterocycles. The predicted molar refractivity (Wildman–Crippen MR) is 111 cm³/mol. The van der Waals surface area contributed by atoms with Gasteiger partial charge in [0.1, 0.15) is 6.10 Å². The van der Waals surface area contributed by atoms with Gasteiger partial charge in [0, 0.05) is 33.4 Å². The fourth-order valence-corrected chi connectivity index (χ4v) is 2.88. The summed E-state index contributed by atoms with van der Waals surface area (Å²) in [7, 11) is 0. The van der Waals surface area contributed by atoms with Crippen molar-refractivity contribution >= 4 is 17.8 Å². The topological polar surface area (TPSA) is 72.9 Å². The third kappa shape index (κ3) is 15.2. The SMILES string of the molecule is CCCCCC(/C=C/CN(CCCCCCC(=O)OCC)C(C)=O)OC(C)=O. The van der Waals surface area contributed by atoms with E-state index in [0.717, 1.165) is 51.4 Å². The summed E-state index contributed by atoms with van der Waals surface area (Å²) in [6.45, 7) is 8.57. The van der Waals surface area contributed by atoms with Crippen molar-refractivity contribution in [3.63, 3.8) is 0 Å². The minimum Gasteiger partial charge on any atom is -0.466 e. The van der Waals surface area contributed by atoms with Crippen LogP contribution in [0.3, 0.4) is 0 Å². The highest BCUT2D eigenvalue weighted by atomic mass is 16.5. The summed E-state index contributed by atoms with van der Waals surface area (Å²) >= 11 is 0. The van der Waals surface area contributed by atoms with Crippen molar-refractivity contribution in [2.75, 3.05) is 19.7 Å². The third-order valence-corrected chi connectivity index (χ3v) is 4.40. The average molecular weight is 398 g/mol. The lowest BCUT2D eigenvalue weighted by molar-refractivity contribution is -0.145. The molecule has 28 heavy (non-hydrogen) atoms. The van der Waals surface area contributed by atoms with Gasteiger partial charge in [-0.15, -0.1) is 0 Å². The molecule has 1 amide bonds. The molecule has 0 N–H and O–H groups in total. The van der Waals surface area contributed by atoms with Gasteiger partial charge in [-0.05, 0) is 38.7 Å². The van der Waals surface area contributed by atoms with E-state index in [4.69, 9.17) is 9.47 Å². The second-order valence-electron chi connectivity index (χ2n) is 7.01. The Kier molecular flexibility index (Phi) is 16.1. The van der Waals surface area contributed by atoms with E-state index >= 15 is 0 Å². The first-order valence-corrected chi connectivity index (χ1v) is 10.7. The van der Waals surface area contributed by atoms with E-state index in [9.17, 15) is 14.4 Å². The zero-order valence-electron chi connectivity index (χ0n) is 18.2. The molecule has 6 heteroatoms. The molecule has 0 fully saturated rings. The molecule has 0 aromatic carbocycles. The van der Waals surface area contributed by atoms with Crippen LogP contribution in [0.25, 0.3) is 0 Å². The monoisotopic (exact) mass is 397 g/mol. The lowest BCUT2D eigenvalue weighted by Crippen LogP contribution is -2.30. The quantitative estimate of drug-likeness (QED) is 0.219. The van der Waals surface area contributed by atoms with Gasteiger partial charge in [0.2, 0.25) is 5.91 Å². The molecule has 0 spiro atoms. The second-order valence-corrected chi connectivity index (χ2v) is 7.01. The Morgan fingerprint density at radius 1 is 0.964 bits per heavy atom. The summed E-state index contributed by atoms with van der Waals surface area (Å²) in [5, 5.41) is 0. The van der Waals surface area contributed by atoms with Crippen LogP contribution in [0.5, 0.6) is 0 Å². The first kappa shape index (κ1) is 26.1. The van der Waals surface area contributed by atoms with Crippen LogP contribution in [0.15, 0.2) is 12.2 Å². The molecular weight excluding hydrogens is 358 g/mol. The smallest absolute Gasteiger partial charge is 0.305 e. The molecule has 6 nitrogen and oxygen atoms in total. The molecule has 0 aliphatic heterocycles. The molecule has 0 heterocycles. The van der Waals surface area contributed by atoms with Gasteiger partial charge in [0.15, 0.2) is 0 Å². The number of hydrogen-bond acceptors (Lipinski definition) is 5. The molecule has 1 unspecified atom stereocenters. The number of nitrogens with zero attached hydrogens (tertiary/aromatic N) is 1. The van der Waals surface area contributed by atoms with E-state index < -0.39 is 0 Å². The van der Waals surface area contributed by atoms with E-state index in [0.29, 0.717) is 26.1 Å². The van der Waals surface area contributed by atoms with Crippen molar-refractivity contribution in [2.24, 2.45) is 0 Å². The predicted octanol–water partition coefficient (Wildman–Crippen LogP) is 4.42. The molecule has 0 rings (SSSR count). The maximum absolute atomic E-state index is 11.8. The van der Waals surface area contributed by atoms with Crippen molar-refractivity contribution in [3.05, 3.63) is 12.2 Å². The minimum absolute atomic E-state index is 0.0335. The summed E-state index contributed by atoms with van der Waals surface area (Å²) < 4.78 is 10.2. The molecule has 162 valence electrons. The first-order chi connectivity index (χ1) is 13.4. The van der Waals surface area contributed by atoms with Crippen molar-refractivity contribution in [1.29, 1.82) is 0 Å². The van der Waals surface area contributed by atoms with Crippen LogP contribution in [-0.2, 0) is 23.9 Å². The van der Waals surface area contributed by atoms with Crippen LogP contribution in [0, 0.1) is 0 Å². The van der Waals surface area contributed by atoms with Crippen molar-refractivity contribution in [3.8, 4) is 0 Å². The van der Waals surface area contributed by atoms with E-state index in [2.05, 4.69) is 6.92 Å². The number of esters is 2. The lowest BCUT2D eigenvalue weighted by atomic mass is 10.1. The number of carbonyl (C=O) groups is 3. The van der Waals surface area contributed by atoms with Crippen LogP contribution in [0.4, 0.5) is 0 Å². The fraction of sp³-hybridized carbons (Fsp3) is 0.773. The van der Waals surface area contributed by atoms with Gasteiger partial charge >= 0.3 is 11.9 Å². The second kappa shape index (κ2) is 17.3. The Labute approximate surface area is 170 Å². The molecule has 0 aromatic rings. The molecule has 0 aromatic heterocycles. The molecular formula is C22H39NO5. The molecule has 0 saturated carbocycles. The Bertz CT molecular complexity index is 476. The van der Waals surface area contributed by atoms with Crippen LogP contribution in [0.1, 0.15) is 85.5 Å². The first-order valence-electron chi connectivity index (χ1n) is 10.7. The number of hydrogen-bond donors (Lipinski definition) is 0. The maximum Gasteiger partial charge on any atom is 0.305 e. The van der Waals surface area contributed by atoms with Crippen molar-refractivity contribution in [2.45, 2.75) is 91.6 Å². The number of carbonyl (C=O) groups excluding carboxylic acids is 3. The van der Waals surface area contributed by atoms with Gasteiger partial charge in [-0.3, -0.25) is 14.4 Å². The van der Waals surface area contributed by atoms with Gasteiger partial charge in [-0.2, -0.15) is 0 Å². The van der Waals surface area contributed by atoms with Gasteiger partial charge in [-0.25, -0.2) is 0 Å². The summed E-state index contributed by atoms with van der Waals surface area (Å²) in [5.41, 5.74) is 0. The normalized spacial score (nSPS) is 12.0.